The van der Waals surface area contributed by atoms with Crippen molar-refractivity contribution in [1.82, 2.24) is 9.97 Å². The van der Waals surface area contributed by atoms with Gasteiger partial charge in [-0.1, -0.05) is 12.1 Å². The summed E-state index contributed by atoms with van der Waals surface area (Å²) in [5.41, 5.74) is 0.931. The van der Waals surface area contributed by atoms with Crippen LogP contribution in [0.4, 0.5) is 14.8 Å². The number of fused-ring (bicyclic) bond motifs is 1. The number of aromatic nitrogens is 2. The summed E-state index contributed by atoms with van der Waals surface area (Å²) in [5, 5.41) is 11.8. The molecule has 0 fully saturated rings. The van der Waals surface area contributed by atoms with Gasteiger partial charge in [-0.2, -0.15) is 4.98 Å². The molecular formula is C20H13F2N3O4. The fraction of sp³-hybridized carbons (Fsp3) is 0.0500. The molecule has 0 aliphatic rings. The van der Waals surface area contributed by atoms with Crippen LogP contribution in [-0.4, -0.2) is 21.0 Å². The summed E-state index contributed by atoms with van der Waals surface area (Å²) >= 11 is 0. The lowest BCUT2D eigenvalue weighted by Crippen LogP contribution is -2.03. The van der Waals surface area contributed by atoms with Crippen LogP contribution in [0.25, 0.3) is 11.1 Å². The van der Waals surface area contributed by atoms with Gasteiger partial charge in [0.25, 0.3) is 6.01 Å². The van der Waals surface area contributed by atoms with E-state index in [2.05, 4.69) is 15.3 Å². The maximum atomic E-state index is 13.7. The Kier molecular flexibility index (Phi) is 4.78. The molecule has 0 saturated carbocycles. The molecule has 146 valence electrons. The van der Waals surface area contributed by atoms with Gasteiger partial charge in [0.1, 0.15) is 17.0 Å². The van der Waals surface area contributed by atoms with Crippen LogP contribution in [0.2, 0.25) is 0 Å². The van der Waals surface area contributed by atoms with Crippen LogP contribution in [0.15, 0.2) is 59.1 Å². The number of pyridine rings is 1. The number of carboxylic acid groups (broad SMARTS) is 1. The molecule has 2 heterocycles. The first-order valence-corrected chi connectivity index (χ1v) is 8.44. The molecule has 0 amide bonds. The zero-order valence-electron chi connectivity index (χ0n) is 14.7. The highest BCUT2D eigenvalue weighted by Crippen LogP contribution is 2.28. The third-order valence-corrected chi connectivity index (χ3v) is 4.01. The van der Waals surface area contributed by atoms with Crippen molar-refractivity contribution in [3.8, 4) is 11.5 Å². The third-order valence-electron chi connectivity index (χ3n) is 4.01. The first kappa shape index (κ1) is 18.4. The van der Waals surface area contributed by atoms with Crippen LogP contribution >= 0.6 is 0 Å². The zero-order chi connectivity index (χ0) is 20.4. The molecule has 0 radical (unpaired) electrons. The number of nitrogens with one attached hydrogen (secondary N) is 1. The predicted octanol–water partition coefficient (Wildman–Crippen LogP) is 4.60. The van der Waals surface area contributed by atoms with Crippen molar-refractivity contribution in [2.75, 3.05) is 5.32 Å². The average molecular weight is 397 g/mol. The topological polar surface area (TPSA) is 97.5 Å². The van der Waals surface area contributed by atoms with Crippen molar-refractivity contribution in [3.63, 3.8) is 0 Å². The van der Waals surface area contributed by atoms with Crippen LogP contribution in [0.5, 0.6) is 11.5 Å². The number of nitrogens with zero attached hydrogens (tertiary/aromatic N) is 2. The molecule has 0 aliphatic carbocycles. The quantitative estimate of drug-likeness (QED) is 0.491. The Labute approximate surface area is 162 Å². The van der Waals surface area contributed by atoms with Gasteiger partial charge in [0, 0.05) is 30.4 Å². The molecule has 29 heavy (non-hydrogen) atoms. The van der Waals surface area contributed by atoms with Gasteiger partial charge in [0.2, 0.25) is 0 Å². The Morgan fingerprint density at radius 3 is 2.79 bits per heavy atom. The molecule has 4 rings (SSSR count). The monoisotopic (exact) mass is 397 g/mol. The first-order valence-electron chi connectivity index (χ1n) is 8.44. The normalized spacial score (nSPS) is 10.8. The number of benzene rings is 2. The number of anilines is 1. The lowest BCUT2D eigenvalue weighted by molar-refractivity contribution is 0.0690. The van der Waals surface area contributed by atoms with Crippen LogP contribution in [0.1, 0.15) is 16.1 Å². The van der Waals surface area contributed by atoms with E-state index in [4.69, 9.17) is 14.3 Å². The summed E-state index contributed by atoms with van der Waals surface area (Å²) in [6, 6.07) is 11.8. The van der Waals surface area contributed by atoms with Gasteiger partial charge in [-0.15, -0.1) is 0 Å². The molecular weight excluding hydrogens is 384 g/mol. The number of hydrogen-bond acceptors (Lipinski definition) is 6. The van der Waals surface area contributed by atoms with Crippen molar-refractivity contribution >= 4 is 23.1 Å². The van der Waals surface area contributed by atoms with Gasteiger partial charge in [-0.25, -0.2) is 18.6 Å². The number of ether oxygens (including phenoxy) is 1. The molecule has 2 N–H and O–H groups in total. The maximum Gasteiger partial charge on any atom is 0.354 e. The van der Waals surface area contributed by atoms with Crippen molar-refractivity contribution in [2.45, 2.75) is 6.54 Å². The Morgan fingerprint density at radius 1 is 1.14 bits per heavy atom. The Morgan fingerprint density at radius 2 is 1.97 bits per heavy atom. The SMILES string of the molecule is O=C(O)c1cc(Oc2ccc3nc(NCc4cccc(F)c4F)oc3c2)ccn1. The van der Waals surface area contributed by atoms with E-state index in [0.717, 1.165) is 6.07 Å². The van der Waals surface area contributed by atoms with Crippen molar-refractivity contribution < 1.29 is 27.8 Å². The largest absolute Gasteiger partial charge is 0.477 e. The van der Waals surface area contributed by atoms with Crippen molar-refractivity contribution in [1.29, 1.82) is 0 Å². The lowest BCUT2D eigenvalue weighted by Gasteiger charge is -2.05. The standard InChI is InChI=1S/C20H13F2N3O4/c21-14-3-1-2-11(18(14)22)10-24-20-25-15-5-4-12(9-17(15)29-20)28-13-6-7-23-16(8-13)19(26)27/h1-9H,10H2,(H,24,25)(H,26,27). The minimum absolute atomic E-state index is 0.00521. The van der Waals surface area contributed by atoms with E-state index in [-0.39, 0.29) is 23.8 Å². The van der Waals surface area contributed by atoms with E-state index in [1.807, 2.05) is 0 Å². The minimum Gasteiger partial charge on any atom is -0.477 e. The van der Waals surface area contributed by atoms with Crippen molar-refractivity contribution in [2.24, 2.45) is 0 Å². The van der Waals surface area contributed by atoms with Crippen LogP contribution in [0, 0.1) is 11.6 Å². The predicted molar refractivity (Wildman–Crippen MR) is 99.0 cm³/mol. The Bertz CT molecular complexity index is 1210. The molecule has 0 saturated heterocycles. The van der Waals surface area contributed by atoms with E-state index in [1.165, 1.54) is 30.5 Å². The maximum absolute atomic E-state index is 13.7. The van der Waals surface area contributed by atoms with Gasteiger partial charge in [-0.3, -0.25) is 0 Å². The summed E-state index contributed by atoms with van der Waals surface area (Å²) in [4.78, 5) is 18.9. The smallest absolute Gasteiger partial charge is 0.354 e. The van der Waals surface area contributed by atoms with E-state index < -0.39 is 17.6 Å². The van der Waals surface area contributed by atoms with Crippen molar-refractivity contribution in [3.05, 3.63) is 77.6 Å². The van der Waals surface area contributed by atoms with Crippen LogP contribution in [0.3, 0.4) is 0 Å². The highest BCUT2D eigenvalue weighted by molar-refractivity contribution is 5.85. The van der Waals surface area contributed by atoms with E-state index in [0.29, 0.717) is 22.6 Å². The number of hydrogen-bond donors (Lipinski definition) is 2. The molecule has 2 aromatic carbocycles. The molecule has 4 aromatic rings. The number of carbonyl (C=O) groups is 1. The number of carboxylic acids is 1. The second kappa shape index (κ2) is 7.55. The lowest BCUT2D eigenvalue weighted by atomic mass is 10.2. The Hall–Kier alpha value is -4.01. The highest BCUT2D eigenvalue weighted by atomic mass is 19.2. The molecule has 0 bridgehead atoms. The summed E-state index contributed by atoms with van der Waals surface area (Å²) in [5.74, 6) is -2.31. The van der Waals surface area contributed by atoms with E-state index in [9.17, 15) is 13.6 Å². The third kappa shape index (κ3) is 3.98. The molecule has 2 aromatic heterocycles. The van der Waals surface area contributed by atoms with Gasteiger partial charge >= 0.3 is 5.97 Å². The second-order valence-corrected chi connectivity index (χ2v) is 6.00. The minimum atomic E-state index is -1.16. The zero-order valence-corrected chi connectivity index (χ0v) is 14.7. The summed E-state index contributed by atoms with van der Waals surface area (Å²) < 4.78 is 38.2. The number of rotatable bonds is 6. The van der Waals surface area contributed by atoms with Gasteiger partial charge < -0.3 is 19.6 Å². The fourth-order valence-corrected chi connectivity index (χ4v) is 2.63. The average Bonchev–Trinajstić information content (AvgIpc) is 3.11. The highest BCUT2D eigenvalue weighted by Gasteiger charge is 2.11. The summed E-state index contributed by atoms with van der Waals surface area (Å²) in [6.45, 7) is -0.00521. The summed E-state index contributed by atoms with van der Waals surface area (Å²) in [6.07, 6.45) is 1.33. The second-order valence-electron chi connectivity index (χ2n) is 6.00. The molecule has 0 unspecified atom stereocenters. The molecule has 7 nitrogen and oxygen atoms in total. The van der Waals surface area contributed by atoms with E-state index in [1.54, 1.807) is 18.2 Å². The fourth-order valence-electron chi connectivity index (χ4n) is 2.63. The van der Waals surface area contributed by atoms with Gasteiger partial charge in [0.15, 0.2) is 22.9 Å². The Balaban J connectivity index is 1.51. The molecule has 9 heteroatoms. The van der Waals surface area contributed by atoms with Gasteiger partial charge in [-0.05, 0) is 24.3 Å². The number of halogens is 2. The van der Waals surface area contributed by atoms with Crippen LogP contribution in [-0.2, 0) is 6.54 Å². The first-order chi connectivity index (χ1) is 14.0. The molecule has 0 atom stereocenters. The number of oxazole rings is 1. The van der Waals surface area contributed by atoms with Crippen LogP contribution < -0.4 is 10.1 Å². The van der Waals surface area contributed by atoms with Gasteiger partial charge in [0.05, 0.1) is 0 Å². The molecule has 0 aliphatic heterocycles. The summed E-state index contributed by atoms with van der Waals surface area (Å²) in [7, 11) is 0. The van der Waals surface area contributed by atoms with E-state index >= 15 is 0 Å². The molecule has 0 spiro atoms. The number of aromatic carboxylic acids is 1.